The molecule has 0 atom stereocenters. The van der Waals surface area contributed by atoms with Crippen molar-refractivity contribution in [3.05, 3.63) is 28.7 Å². The molecular formula is C5H6BNO2. The summed E-state index contributed by atoms with van der Waals surface area (Å²) in [6.45, 7) is 0. The molecule has 1 heterocycles. The molecule has 3 nitrogen and oxygen atoms in total. The Morgan fingerprint density at radius 3 is 2.89 bits per heavy atom. The number of aromatic nitrogens is 1. The lowest BCUT2D eigenvalue weighted by Gasteiger charge is -1.87. The van der Waals surface area contributed by atoms with Crippen LogP contribution in [0.25, 0.3) is 0 Å². The average molecular weight is 123 g/mol. The maximum Gasteiger partial charge on any atom is 0.310 e. The summed E-state index contributed by atoms with van der Waals surface area (Å²) in [5.41, 5.74) is 0.178. The van der Waals surface area contributed by atoms with Crippen LogP contribution in [0.4, 0.5) is 0 Å². The van der Waals surface area contributed by atoms with Crippen LogP contribution in [0.5, 0.6) is 0 Å². The zero-order chi connectivity index (χ0) is 6.69. The summed E-state index contributed by atoms with van der Waals surface area (Å²) in [6.07, 6.45) is 1.53. The van der Waals surface area contributed by atoms with E-state index in [2.05, 4.69) is 4.98 Å². The van der Waals surface area contributed by atoms with Gasteiger partial charge in [0.15, 0.2) is 0 Å². The minimum absolute atomic E-state index is 0.198. The molecule has 0 amide bonds. The third kappa shape index (κ3) is 1.20. The molecule has 0 aromatic carbocycles. The van der Waals surface area contributed by atoms with Crippen LogP contribution in [0.3, 0.4) is 0 Å². The highest BCUT2D eigenvalue weighted by Crippen LogP contribution is 1.66. The first-order valence-electron chi connectivity index (χ1n) is 2.62. The number of aromatic amines is 1. The van der Waals surface area contributed by atoms with Crippen molar-refractivity contribution in [3.63, 3.8) is 0 Å². The summed E-state index contributed by atoms with van der Waals surface area (Å²) in [5.74, 6) is 0. The normalized spacial score (nSPS) is 9.00. The Morgan fingerprint density at radius 1 is 1.67 bits per heavy atom. The van der Waals surface area contributed by atoms with Crippen LogP contribution in [0.15, 0.2) is 23.1 Å². The fraction of sp³-hybridized carbons (Fsp3) is 0. The van der Waals surface area contributed by atoms with E-state index in [4.69, 9.17) is 5.02 Å². The number of hydrogen-bond acceptors (Lipinski definition) is 2. The van der Waals surface area contributed by atoms with Crippen LogP contribution in [0.1, 0.15) is 0 Å². The Bertz CT molecular complexity index is 245. The van der Waals surface area contributed by atoms with E-state index in [-0.39, 0.29) is 13.0 Å². The van der Waals surface area contributed by atoms with Gasteiger partial charge in [0.1, 0.15) is 0 Å². The molecule has 2 N–H and O–H groups in total. The first-order chi connectivity index (χ1) is 4.34. The summed E-state index contributed by atoms with van der Waals surface area (Å²) >= 11 is 0. The fourth-order valence-corrected chi connectivity index (χ4v) is 0.581. The monoisotopic (exact) mass is 123 g/mol. The number of pyridine rings is 1. The first kappa shape index (κ1) is 6.10. The van der Waals surface area contributed by atoms with Gasteiger partial charge in [-0.05, 0) is 6.07 Å². The van der Waals surface area contributed by atoms with Gasteiger partial charge < -0.3 is 10.0 Å². The zero-order valence-corrected chi connectivity index (χ0v) is 4.79. The standard InChI is InChI=1S/C5H6BNO2/c8-5-4(6-9)2-1-3-7-5/h1-3,6,9H,(H,7,8). The van der Waals surface area contributed by atoms with E-state index < -0.39 is 0 Å². The molecule has 9 heavy (non-hydrogen) atoms. The molecule has 0 bridgehead atoms. The van der Waals surface area contributed by atoms with Crippen LogP contribution in [-0.2, 0) is 0 Å². The van der Waals surface area contributed by atoms with E-state index in [0.717, 1.165) is 0 Å². The van der Waals surface area contributed by atoms with Crippen LogP contribution in [0.2, 0.25) is 0 Å². The first-order valence-corrected chi connectivity index (χ1v) is 2.62. The largest absolute Gasteiger partial charge is 0.449 e. The lowest BCUT2D eigenvalue weighted by Crippen LogP contribution is -2.32. The van der Waals surface area contributed by atoms with Gasteiger partial charge in [0, 0.05) is 11.7 Å². The Morgan fingerprint density at radius 2 is 2.44 bits per heavy atom. The lowest BCUT2D eigenvalue weighted by molar-refractivity contribution is 0.615. The molecule has 0 saturated carbocycles. The van der Waals surface area contributed by atoms with Crippen LogP contribution < -0.4 is 11.0 Å². The molecule has 46 valence electrons. The van der Waals surface area contributed by atoms with Gasteiger partial charge in [-0.25, -0.2) is 0 Å². The van der Waals surface area contributed by atoms with Crippen molar-refractivity contribution in [1.82, 2.24) is 4.98 Å². The van der Waals surface area contributed by atoms with Gasteiger partial charge in [-0.2, -0.15) is 0 Å². The summed E-state index contributed by atoms with van der Waals surface area (Å²) in [6, 6.07) is 3.26. The zero-order valence-electron chi connectivity index (χ0n) is 4.79. The molecule has 0 saturated heterocycles. The SMILES string of the molecule is O=c1[nH]cccc1BO. The molecular weight excluding hydrogens is 117 g/mol. The van der Waals surface area contributed by atoms with E-state index in [9.17, 15) is 4.79 Å². The van der Waals surface area contributed by atoms with Crippen molar-refractivity contribution in [1.29, 1.82) is 0 Å². The predicted molar refractivity (Wildman–Crippen MR) is 36.1 cm³/mol. The second-order valence-corrected chi connectivity index (χ2v) is 1.68. The van der Waals surface area contributed by atoms with Crippen molar-refractivity contribution < 1.29 is 5.02 Å². The van der Waals surface area contributed by atoms with Gasteiger partial charge >= 0.3 is 7.48 Å². The Labute approximate surface area is 52.6 Å². The fourth-order valence-electron chi connectivity index (χ4n) is 0.581. The van der Waals surface area contributed by atoms with Crippen LogP contribution >= 0.6 is 0 Å². The van der Waals surface area contributed by atoms with Crippen LogP contribution in [-0.4, -0.2) is 17.5 Å². The Hall–Kier alpha value is -1.03. The topological polar surface area (TPSA) is 53.1 Å². The highest BCUT2D eigenvalue weighted by Gasteiger charge is 1.94. The molecule has 0 aliphatic heterocycles. The average Bonchev–Trinajstić information content (AvgIpc) is 1.89. The molecule has 0 fully saturated rings. The van der Waals surface area contributed by atoms with E-state index in [1.165, 1.54) is 6.20 Å². The Kier molecular flexibility index (Phi) is 1.70. The van der Waals surface area contributed by atoms with Gasteiger partial charge in [-0.1, -0.05) is 6.07 Å². The van der Waals surface area contributed by atoms with Gasteiger partial charge in [0.25, 0.3) is 0 Å². The summed E-state index contributed by atoms with van der Waals surface area (Å²) in [4.78, 5) is 13.1. The molecule has 1 rings (SSSR count). The lowest BCUT2D eigenvalue weighted by atomic mass is 9.91. The highest BCUT2D eigenvalue weighted by molar-refractivity contribution is 6.45. The maximum atomic E-state index is 10.6. The van der Waals surface area contributed by atoms with Crippen molar-refractivity contribution in [3.8, 4) is 0 Å². The van der Waals surface area contributed by atoms with Crippen molar-refractivity contribution in [2.24, 2.45) is 0 Å². The smallest absolute Gasteiger partial charge is 0.310 e. The van der Waals surface area contributed by atoms with E-state index >= 15 is 0 Å². The van der Waals surface area contributed by atoms with E-state index in [0.29, 0.717) is 5.46 Å². The second-order valence-electron chi connectivity index (χ2n) is 1.68. The molecule has 0 aliphatic carbocycles. The van der Waals surface area contributed by atoms with E-state index in [1.807, 2.05) is 0 Å². The number of rotatable bonds is 1. The predicted octanol–water partition coefficient (Wildman–Crippen LogP) is -1.66. The third-order valence-corrected chi connectivity index (χ3v) is 1.07. The molecule has 0 radical (unpaired) electrons. The van der Waals surface area contributed by atoms with E-state index in [1.54, 1.807) is 12.1 Å². The van der Waals surface area contributed by atoms with Crippen molar-refractivity contribution >= 4 is 12.9 Å². The number of hydrogen-bond donors (Lipinski definition) is 2. The Balaban J connectivity index is 3.16. The minimum Gasteiger partial charge on any atom is -0.449 e. The third-order valence-electron chi connectivity index (χ3n) is 1.07. The number of nitrogens with one attached hydrogen (secondary N) is 1. The quantitative estimate of drug-likeness (QED) is 0.439. The molecule has 4 heteroatoms. The van der Waals surface area contributed by atoms with Crippen LogP contribution in [0, 0.1) is 0 Å². The minimum atomic E-state index is -0.222. The number of H-pyrrole nitrogens is 1. The molecule has 0 unspecified atom stereocenters. The molecule has 1 aromatic rings. The summed E-state index contributed by atoms with van der Waals surface area (Å²) in [5, 5.41) is 8.50. The van der Waals surface area contributed by atoms with Crippen molar-refractivity contribution in [2.45, 2.75) is 0 Å². The molecule has 1 aromatic heterocycles. The van der Waals surface area contributed by atoms with Crippen molar-refractivity contribution in [2.75, 3.05) is 0 Å². The highest BCUT2D eigenvalue weighted by atomic mass is 16.2. The van der Waals surface area contributed by atoms with Gasteiger partial charge in [0.2, 0.25) is 5.56 Å². The summed E-state index contributed by atoms with van der Waals surface area (Å²) < 4.78 is 0. The van der Waals surface area contributed by atoms with Gasteiger partial charge in [-0.15, -0.1) is 0 Å². The molecule has 0 spiro atoms. The second kappa shape index (κ2) is 2.50. The molecule has 0 aliphatic rings. The van der Waals surface area contributed by atoms with Gasteiger partial charge in [0.05, 0.1) is 0 Å². The summed E-state index contributed by atoms with van der Waals surface area (Å²) in [7, 11) is -0.198. The maximum absolute atomic E-state index is 10.6. The van der Waals surface area contributed by atoms with Gasteiger partial charge in [-0.3, -0.25) is 4.79 Å².